The Bertz CT molecular complexity index is 195. The molecule has 5 heteroatoms. The first-order valence-electron chi connectivity index (χ1n) is 5.39. The maximum Gasteiger partial charge on any atom is 0.0624 e. The molecule has 1 aliphatic rings. The van der Waals surface area contributed by atoms with Crippen LogP contribution in [-0.2, 0) is 20.3 Å². The van der Waals surface area contributed by atoms with Crippen molar-refractivity contribution in [3.8, 4) is 0 Å². The van der Waals surface area contributed by atoms with Crippen LogP contribution >= 0.6 is 0 Å². The van der Waals surface area contributed by atoms with Gasteiger partial charge < -0.3 is 14.8 Å². The Balaban J connectivity index is 2.31. The lowest BCUT2D eigenvalue weighted by atomic mass is 10.2. The van der Waals surface area contributed by atoms with Crippen LogP contribution in [0.25, 0.3) is 0 Å². The summed E-state index contributed by atoms with van der Waals surface area (Å²) in [6.45, 7) is 2.13. The molecule has 1 N–H and O–H groups in total. The second-order valence-corrected chi connectivity index (χ2v) is 5.56. The highest BCUT2D eigenvalue weighted by Crippen LogP contribution is 2.14. The zero-order valence-corrected chi connectivity index (χ0v) is 10.3. The molecule has 1 rings (SSSR count). The predicted octanol–water partition coefficient (Wildman–Crippen LogP) is 0.149. The van der Waals surface area contributed by atoms with E-state index in [2.05, 4.69) is 5.32 Å². The zero-order valence-electron chi connectivity index (χ0n) is 9.53. The Labute approximate surface area is 94.2 Å². The first-order valence-corrected chi connectivity index (χ1v) is 6.77. The number of methoxy groups -OCH3 is 1. The van der Waals surface area contributed by atoms with E-state index in [9.17, 15) is 4.21 Å². The lowest BCUT2D eigenvalue weighted by molar-refractivity contribution is 0.0991. The summed E-state index contributed by atoms with van der Waals surface area (Å²) >= 11 is 0. The van der Waals surface area contributed by atoms with Crippen LogP contribution in [0.4, 0.5) is 0 Å². The van der Waals surface area contributed by atoms with Gasteiger partial charge in [0.25, 0.3) is 0 Å². The third-order valence-electron chi connectivity index (χ3n) is 2.68. The van der Waals surface area contributed by atoms with E-state index in [1.54, 1.807) is 7.11 Å². The summed E-state index contributed by atoms with van der Waals surface area (Å²) in [5.41, 5.74) is 0. The van der Waals surface area contributed by atoms with Crippen LogP contribution in [0.5, 0.6) is 0 Å². The Kier molecular flexibility index (Phi) is 6.40. The van der Waals surface area contributed by atoms with E-state index in [-0.39, 0.29) is 6.04 Å². The van der Waals surface area contributed by atoms with Gasteiger partial charge >= 0.3 is 0 Å². The topological polar surface area (TPSA) is 47.6 Å². The van der Waals surface area contributed by atoms with Gasteiger partial charge in [0.1, 0.15) is 0 Å². The number of rotatable bonds is 6. The van der Waals surface area contributed by atoms with Gasteiger partial charge in [-0.25, -0.2) is 0 Å². The Morgan fingerprint density at radius 1 is 1.53 bits per heavy atom. The first kappa shape index (κ1) is 13.1. The predicted molar refractivity (Wildman–Crippen MR) is 61.6 cm³/mol. The van der Waals surface area contributed by atoms with E-state index < -0.39 is 10.8 Å². The molecule has 0 radical (unpaired) electrons. The number of hydrogen-bond donors (Lipinski definition) is 1. The molecule has 0 spiro atoms. The van der Waals surface area contributed by atoms with Gasteiger partial charge in [-0.15, -0.1) is 0 Å². The van der Waals surface area contributed by atoms with Gasteiger partial charge in [0.15, 0.2) is 0 Å². The zero-order chi connectivity index (χ0) is 11.1. The molecule has 0 aliphatic carbocycles. The molecule has 0 aromatic rings. The average Bonchev–Trinajstić information content (AvgIpc) is 2.29. The maximum absolute atomic E-state index is 12.0. The number of hydrogen-bond acceptors (Lipinski definition) is 4. The van der Waals surface area contributed by atoms with Crippen molar-refractivity contribution in [1.82, 2.24) is 5.32 Å². The quantitative estimate of drug-likeness (QED) is 0.712. The molecular formula is C10H21NO3S. The summed E-state index contributed by atoms with van der Waals surface area (Å²) in [7, 11) is 2.79. The summed E-state index contributed by atoms with van der Waals surface area (Å²) in [6, 6.07) is 0.193. The molecule has 15 heavy (non-hydrogen) atoms. The molecule has 0 saturated carbocycles. The van der Waals surface area contributed by atoms with Crippen LogP contribution < -0.4 is 5.32 Å². The highest BCUT2D eigenvalue weighted by Gasteiger charge is 2.22. The average molecular weight is 235 g/mol. The number of ether oxygens (including phenoxy) is 2. The van der Waals surface area contributed by atoms with Crippen molar-refractivity contribution in [2.45, 2.75) is 24.1 Å². The molecule has 90 valence electrons. The van der Waals surface area contributed by atoms with Crippen molar-refractivity contribution < 1.29 is 13.7 Å². The molecule has 2 atom stereocenters. The van der Waals surface area contributed by atoms with Crippen molar-refractivity contribution in [3.63, 3.8) is 0 Å². The minimum Gasteiger partial charge on any atom is -0.383 e. The molecule has 0 aromatic carbocycles. The van der Waals surface area contributed by atoms with E-state index >= 15 is 0 Å². The lowest BCUT2D eigenvalue weighted by Crippen LogP contribution is -2.38. The third-order valence-corrected chi connectivity index (χ3v) is 4.63. The molecule has 2 unspecified atom stereocenters. The van der Waals surface area contributed by atoms with Gasteiger partial charge in [-0.1, -0.05) is 0 Å². The molecular weight excluding hydrogens is 214 g/mol. The van der Waals surface area contributed by atoms with Gasteiger partial charge in [-0.2, -0.15) is 0 Å². The molecule has 1 aliphatic heterocycles. The highest BCUT2D eigenvalue weighted by atomic mass is 32.2. The van der Waals surface area contributed by atoms with E-state index in [0.717, 1.165) is 26.1 Å². The van der Waals surface area contributed by atoms with Gasteiger partial charge in [0.05, 0.1) is 6.61 Å². The van der Waals surface area contributed by atoms with Crippen molar-refractivity contribution in [2.75, 3.05) is 39.7 Å². The Hall–Kier alpha value is 0.0300. The molecule has 1 saturated heterocycles. The second-order valence-electron chi connectivity index (χ2n) is 3.80. The normalized spacial score (nSPS) is 22.5. The van der Waals surface area contributed by atoms with Crippen molar-refractivity contribution >= 4 is 10.8 Å². The number of likely N-dealkylation sites (N-methyl/N-ethyl adjacent to an activating group) is 1. The molecule has 4 nitrogen and oxygen atoms in total. The van der Waals surface area contributed by atoms with Gasteiger partial charge in [-0.05, 0) is 19.9 Å². The molecule has 1 fully saturated rings. The summed E-state index contributed by atoms with van der Waals surface area (Å²) in [6.07, 6.45) is 1.85. The molecule has 0 aromatic heterocycles. The van der Waals surface area contributed by atoms with E-state index in [1.165, 1.54) is 0 Å². The van der Waals surface area contributed by atoms with E-state index in [4.69, 9.17) is 9.47 Å². The van der Waals surface area contributed by atoms with Crippen molar-refractivity contribution in [2.24, 2.45) is 0 Å². The summed E-state index contributed by atoms with van der Waals surface area (Å²) < 4.78 is 22.3. The molecule has 0 amide bonds. The fraction of sp³-hybridized carbons (Fsp3) is 1.00. The summed E-state index contributed by atoms with van der Waals surface area (Å²) in [5, 5.41) is 3.44. The van der Waals surface area contributed by atoms with Crippen molar-refractivity contribution in [1.29, 1.82) is 0 Å². The summed E-state index contributed by atoms with van der Waals surface area (Å²) in [4.78, 5) is 0. The molecule has 1 heterocycles. The van der Waals surface area contributed by atoms with Crippen LogP contribution in [0, 0.1) is 0 Å². The van der Waals surface area contributed by atoms with Crippen LogP contribution in [0.3, 0.4) is 0 Å². The minimum absolute atomic E-state index is 0.193. The largest absolute Gasteiger partial charge is 0.383 e. The fourth-order valence-electron chi connectivity index (χ4n) is 1.69. The third kappa shape index (κ3) is 4.59. The van der Waals surface area contributed by atoms with Crippen LogP contribution in [0.2, 0.25) is 0 Å². The lowest BCUT2D eigenvalue weighted by Gasteiger charge is -2.23. The summed E-state index contributed by atoms with van der Waals surface area (Å²) in [5.74, 6) is 0.676. The van der Waals surface area contributed by atoms with Crippen molar-refractivity contribution in [3.05, 3.63) is 0 Å². The minimum atomic E-state index is -0.760. The monoisotopic (exact) mass is 235 g/mol. The standard InChI is InChI=1S/C10H21NO3S/c1-11-9(7-13-2)8-15(12)10-3-5-14-6-4-10/h9-11H,3-8H2,1-2H3. The Morgan fingerprint density at radius 3 is 2.73 bits per heavy atom. The van der Waals surface area contributed by atoms with Gasteiger partial charge in [0, 0.05) is 48.2 Å². The molecule has 0 bridgehead atoms. The van der Waals surface area contributed by atoms with Crippen LogP contribution in [-0.4, -0.2) is 55.2 Å². The van der Waals surface area contributed by atoms with Gasteiger partial charge in [0.2, 0.25) is 0 Å². The van der Waals surface area contributed by atoms with E-state index in [0.29, 0.717) is 17.6 Å². The van der Waals surface area contributed by atoms with Crippen LogP contribution in [0.1, 0.15) is 12.8 Å². The van der Waals surface area contributed by atoms with E-state index in [1.807, 2.05) is 7.05 Å². The van der Waals surface area contributed by atoms with Crippen LogP contribution in [0.15, 0.2) is 0 Å². The first-order chi connectivity index (χ1) is 7.27. The highest BCUT2D eigenvalue weighted by molar-refractivity contribution is 7.85. The smallest absolute Gasteiger partial charge is 0.0624 e. The second kappa shape index (κ2) is 7.33. The SMILES string of the molecule is CNC(COC)CS(=O)C1CCOCC1. The fourth-order valence-corrected chi connectivity index (χ4v) is 3.34. The Morgan fingerprint density at radius 2 is 2.20 bits per heavy atom. The maximum atomic E-state index is 12.0. The number of nitrogens with one attached hydrogen (secondary N) is 1. The van der Waals surface area contributed by atoms with Gasteiger partial charge in [-0.3, -0.25) is 4.21 Å².